The van der Waals surface area contributed by atoms with Crippen molar-refractivity contribution in [1.82, 2.24) is 19.7 Å². The fraction of sp³-hybridized carbons (Fsp3) is 0.351. The minimum atomic E-state index is -0.923. The summed E-state index contributed by atoms with van der Waals surface area (Å²) in [5, 5.41) is 10.1. The van der Waals surface area contributed by atoms with Gasteiger partial charge < -0.3 is 14.7 Å². The first-order chi connectivity index (χ1) is 22.3. The number of carbonyl (C=O) groups is 1. The van der Waals surface area contributed by atoms with Crippen LogP contribution >= 0.6 is 23.2 Å². The number of hydrogen-bond acceptors (Lipinski definition) is 6. The van der Waals surface area contributed by atoms with Crippen LogP contribution in [-0.4, -0.2) is 97.3 Å². The molecule has 244 valence electrons. The molecule has 7 nitrogen and oxygen atoms in total. The molecule has 1 aliphatic rings. The van der Waals surface area contributed by atoms with Crippen LogP contribution in [0.25, 0.3) is 0 Å². The lowest BCUT2D eigenvalue weighted by atomic mass is 9.92. The molecule has 2 atom stereocenters. The number of piperazine rings is 1. The van der Waals surface area contributed by atoms with Crippen molar-refractivity contribution < 1.29 is 14.6 Å². The molecule has 2 unspecified atom stereocenters. The molecule has 0 bridgehead atoms. The van der Waals surface area contributed by atoms with Gasteiger partial charge in [-0.25, -0.2) is 4.79 Å². The van der Waals surface area contributed by atoms with Crippen molar-refractivity contribution in [3.05, 3.63) is 136 Å². The van der Waals surface area contributed by atoms with Gasteiger partial charge in [0, 0.05) is 60.6 Å². The number of rotatable bonds is 13. The minimum Gasteiger partial charge on any atom is -0.480 e. The van der Waals surface area contributed by atoms with Crippen LogP contribution in [0.5, 0.6) is 0 Å². The summed E-state index contributed by atoms with van der Waals surface area (Å²) in [6, 6.07) is 33.0. The maximum atomic E-state index is 10.5. The molecule has 1 aromatic heterocycles. The molecule has 3 aromatic carbocycles. The second-order valence-corrected chi connectivity index (χ2v) is 12.5. The highest BCUT2D eigenvalue weighted by molar-refractivity contribution is 6.30. The Labute approximate surface area is 283 Å². The monoisotopic (exact) mass is 662 g/mol. The van der Waals surface area contributed by atoms with Crippen LogP contribution in [0.4, 0.5) is 0 Å². The van der Waals surface area contributed by atoms with E-state index >= 15 is 0 Å². The molecule has 1 N–H and O–H groups in total. The van der Waals surface area contributed by atoms with Gasteiger partial charge in [-0.3, -0.25) is 14.8 Å². The van der Waals surface area contributed by atoms with Gasteiger partial charge in [0.2, 0.25) is 0 Å². The number of pyridine rings is 1. The molecular formula is C37H44Cl2N4O3. The highest BCUT2D eigenvalue weighted by Crippen LogP contribution is 2.31. The zero-order valence-corrected chi connectivity index (χ0v) is 28.2. The van der Waals surface area contributed by atoms with Gasteiger partial charge in [0.15, 0.2) is 0 Å². The highest BCUT2D eigenvalue weighted by atomic mass is 35.5. The summed E-state index contributed by atoms with van der Waals surface area (Å²) in [6.45, 7) is 5.78. The Hall–Kier alpha value is -3.30. The average Bonchev–Trinajstić information content (AvgIpc) is 3.07. The molecule has 0 radical (unpaired) electrons. The van der Waals surface area contributed by atoms with Crippen LogP contribution in [-0.2, 0) is 9.53 Å². The number of carboxylic acids is 1. The van der Waals surface area contributed by atoms with E-state index in [2.05, 4.69) is 88.4 Å². The second-order valence-electron chi connectivity index (χ2n) is 11.6. The largest absolute Gasteiger partial charge is 0.480 e. The molecule has 1 saturated heterocycles. The minimum absolute atomic E-state index is 0.203. The Morgan fingerprint density at radius 3 is 1.98 bits per heavy atom. The predicted molar refractivity (Wildman–Crippen MR) is 187 cm³/mol. The Balaban J connectivity index is 0.000000222. The van der Waals surface area contributed by atoms with Gasteiger partial charge in [-0.05, 0) is 80.1 Å². The number of nitrogens with zero attached hydrogens (tertiary/aromatic N) is 4. The Morgan fingerprint density at radius 2 is 1.41 bits per heavy atom. The lowest BCUT2D eigenvalue weighted by molar-refractivity contribution is -0.142. The zero-order valence-electron chi connectivity index (χ0n) is 26.6. The number of aliphatic carboxylic acids is 1. The summed E-state index contributed by atoms with van der Waals surface area (Å²) in [5.74, 6) is -0.602. The van der Waals surface area contributed by atoms with Gasteiger partial charge >= 0.3 is 5.97 Å². The molecule has 5 rings (SSSR count). The van der Waals surface area contributed by atoms with Crippen molar-refractivity contribution in [2.24, 2.45) is 0 Å². The average molecular weight is 664 g/mol. The molecule has 0 amide bonds. The van der Waals surface area contributed by atoms with Gasteiger partial charge in [0.05, 0.1) is 12.6 Å². The van der Waals surface area contributed by atoms with E-state index in [1.807, 2.05) is 48.7 Å². The van der Waals surface area contributed by atoms with E-state index in [-0.39, 0.29) is 12.6 Å². The third-order valence-electron chi connectivity index (χ3n) is 8.03. The fourth-order valence-corrected chi connectivity index (χ4v) is 5.89. The van der Waals surface area contributed by atoms with Crippen LogP contribution in [0.15, 0.2) is 103 Å². The molecule has 2 heterocycles. The van der Waals surface area contributed by atoms with Crippen molar-refractivity contribution in [3.63, 3.8) is 0 Å². The molecule has 1 fully saturated rings. The molecule has 0 saturated carbocycles. The van der Waals surface area contributed by atoms with Gasteiger partial charge in [-0.2, -0.15) is 0 Å². The molecule has 0 spiro atoms. The number of hydrogen-bond donors (Lipinski definition) is 1. The zero-order chi connectivity index (χ0) is 32.7. The normalized spacial score (nSPS) is 15.2. The number of halogens is 2. The number of aromatic nitrogens is 1. The lowest BCUT2D eigenvalue weighted by Crippen LogP contribution is -2.48. The van der Waals surface area contributed by atoms with Gasteiger partial charge in [0.25, 0.3) is 0 Å². The van der Waals surface area contributed by atoms with E-state index in [1.165, 1.54) is 16.7 Å². The van der Waals surface area contributed by atoms with Crippen molar-refractivity contribution in [3.8, 4) is 0 Å². The fourth-order valence-electron chi connectivity index (χ4n) is 5.64. The first-order valence-electron chi connectivity index (χ1n) is 15.7. The van der Waals surface area contributed by atoms with Crippen LogP contribution < -0.4 is 0 Å². The van der Waals surface area contributed by atoms with Gasteiger partial charge in [-0.15, -0.1) is 0 Å². The van der Waals surface area contributed by atoms with Crippen LogP contribution in [0.3, 0.4) is 0 Å². The van der Waals surface area contributed by atoms with Crippen molar-refractivity contribution in [2.45, 2.75) is 18.4 Å². The summed E-state index contributed by atoms with van der Waals surface area (Å²) in [4.78, 5) is 22.0. The van der Waals surface area contributed by atoms with E-state index in [0.29, 0.717) is 12.5 Å². The summed E-state index contributed by atoms with van der Waals surface area (Å²) in [5.41, 5.74) is 4.90. The number of ether oxygens (including phenoxy) is 1. The third kappa shape index (κ3) is 11.5. The number of carboxylic acid groups (broad SMARTS) is 1. The topological polar surface area (TPSA) is 69.1 Å². The van der Waals surface area contributed by atoms with Gasteiger partial charge in [0.1, 0.15) is 6.61 Å². The van der Waals surface area contributed by atoms with E-state index in [9.17, 15) is 4.79 Å². The Bertz CT molecular complexity index is 1430. The molecule has 46 heavy (non-hydrogen) atoms. The summed E-state index contributed by atoms with van der Waals surface area (Å²) >= 11 is 12.0. The van der Waals surface area contributed by atoms with E-state index in [0.717, 1.165) is 61.4 Å². The third-order valence-corrected chi connectivity index (χ3v) is 8.54. The summed E-state index contributed by atoms with van der Waals surface area (Å²) in [6.07, 6.45) is 2.90. The Morgan fingerprint density at radius 1 is 0.826 bits per heavy atom. The second kappa shape index (κ2) is 18.7. The first kappa shape index (κ1) is 35.6. The van der Waals surface area contributed by atoms with Crippen LogP contribution in [0.1, 0.15) is 40.8 Å². The molecular weight excluding hydrogens is 619 g/mol. The van der Waals surface area contributed by atoms with Crippen molar-refractivity contribution >= 4 is 29.2 Å². The van der Waals surface area contributed by atoms with Gasteiger partial charge in [-0.1, -0.05) is 83.9 Å². The standard InChI is InChI=1S/C21H25ClN2O3.C16H19ClN2/c22-19-8-6-18(7-9-19)21(17-4-2-1-3-5-17)24-12-10-23(11-13-24)14-15-27-16-20(25)26;1-19(2)12-10-15(16-5-3-4-11-18-16)13-6-8-14(17)9-7-13/h1-9,21H,10-16H2,(H,25,26);3-9,11,15H,10,12H2,1-2H3. The van der Waals surface area contributed by atoms with E-state index in [1.54, 1.807) is 0 Å². The maximum absolute atomic E-state index is 10.5. The predicted octanol–water partition coefficient (Wildman–Crippen LogP) is 6.97. The highest BCUT2D eigenvalue weighted by Gasteiger charge is 2.26. The van der Waals surface area contributed by atoms with Crippen LogP contribution in [0, 0.1) is 0 Å². The van der Waals surface area contributed by atoms with E-state index in [4.69, 9.17) is 33.0 Å². The van der Waals surface area contributed by atoms with Crippen LogP contribution in [0.2, 0.25) is 10.0 Å². The quantitative estimate of drug-likeness (QED) is 0.155. The number of benzene rings is 3. The Kier molecular flexibility index (Phi) is 14.5. The SMILES string of the molecule is CN(C)CCC(c1ccc(Cl)cc1)c1ccccn1.O=C(O)COCCN1CCN(C(c2ccccc2)c2ccc(Cl)cc2)CC1. The first-order valence-corrected chi connectivity index (χ1v) is 16.4. The smallest absolute Gasteiger partial charge is 0.329 e. The summed E-state index contributed by atoms with van der Waals surface area (Å²) in [7, 11) is 4.19. The molecule has 9 heteroatoms. The molecule has 1 aliphatic heterocycles. The van der Waals surface area contributed by atoms with Crippen molar-refractivity contribution in [2.75, 3.05) is 66.6 Å². The van der Waals surface area contributed by atoms with E-state index < -0.39 is 5.97 Å². The molecule has 0 aliphatic carbocycles. The lowest BCUT2D eigenvalue weighted by Gasteiger charge is -2.39. The summed E-state index contributed by atoms with van der Waals surface area (Å²) < 4.78 is 5.15. The van der Waals surface area contributed by atoms with Crippen molar-refractivity contribution in [1.29, 1.82) is 0 Å². The maximum Gasteiger partial charge on any atom is 0.329 e. The molecule has 4 aromatic rings.